The summed E-state index contributed by atoms with van der Waals surface area (Å²) in [5, 5.41) is 5.54. The predicted octanol–water partition coefficient (Wildman–Crippen LogP) is 7.06. The van der Waals surface area contributed by atoms with Crippen molar-refractivity contribution >= 4 is 68.0 Å². The molecule has 1 aliphatic rings. The minimum Gasteiger partial charge on any atom is -0.493 e. The van der Waals surface area contributed by atoms with Crippen molar-refractivity contribution in [3.05, 3.63) is 104 Å². The van der Waals surface area contributed by atoms with Crippen LogP contribution in [0.2, 0.25) is 0 Å². The zero-order chi connectivity index (χ0) is 25.1. The Morgan fingerprint density at radius 2 is 1.81 bits per heavy atom. The first-order valence-electron chi connectivity index (χ1n) is 11.0. The summed E-state index contributed by atoms with van der Waals surface area (Å²) in [6.07, 6.45) is 1.78. The third kappa shape index (κ3) is 5.55. The minimum atomic E-state index is -0.337. The van der Waals surface area contributed by atoms with Gasteiger partial charge in [-0.15, -0.1) is 0 Å². The van der Waals surface area contributed by atoms with Gasteiger partial charge in [0.05, 0.1) is 21.3 Å². The molecule has 4 aromatic rings. The molecule has 1 saturated heterocycles. The van der Waals surface area contributed by atoms with Crippen LogP contribution in [-0.2, 0) is 11.4 Å². The number of fused-ring (bicyclic) bond motifs is 1. The Bertz CT molecular complexity index is 1520. The molecule has 1 fully saturated rings. The van der Waals surface area contributed by atoms with E-state index >= 15 is 0 Å². The molecule has 0 aliphatic carbocycles. The Labute approximate surface area is 225 Å². The van der Waals surface area contributed by atoms with Gasteiger partial charge in [0, 0.05) is 0 Å². The van der Waals surface area contributed by atoms with Crippen LogP contribution in [0.5, 0.6) is 11.5 Å². The fraction of sp³-hybridized carbons (Fsp3) is 0.0714. The number of halogens is 2. The van der Waals surface area contributed by atoms with Crippen LogP contribution in [0.15, 0.2) is 88.8 Å². The number of carbonyl (C=O) groups excluding carboxylic acids is 1. The molecule has 5 rings (SSSR count). The molecule has 180 valence electrons. The summed E-state index contributed by atoms with van der Waals surface area (Å²) in [5.74, 6) is 0.649. The lowest BCUT2D eigenvalue weighted by Crippen LogP contribution is -2.19. The molecule has 0 radical (unpaired) electrons. The van der Waals surface area contributed by atoms with Gasteiger partial charge >= 0.3 is 0 Å². The van der Waals surface area contributed by atoms with Crippen molar-refractivity contribution in [3.8, 4) is 11.5 Å². The Morgan fingerprint density at radius 1 is 1.03 bits per heavy atom. The van der Waals surface area contributed by atoms with Crippen molar-refractivity contribution in [1.82, 2.24) is 5.32 Å². The molecule has 36 heavy (non-hydrogen) atoms. The van der Waals surface area contributed by atoms with Gasteiger partial charge in [-0.1, -0.05) is 36.4 Å². The Kier molecular flexibility index (Phi) is 7.24. The average Bonchev–Trinajstić information content (AvgIpc) is 3.22. The molecule has 1 heterocycles. The van der Waals surface area contributed by atoms with Crippen molar-refractivity contribution in [2.45, 2.75) is 6.61 Å². The average molecular weight is 610 g/mol. The maximum absolute atomic E-state index is 13.1. The summed E-state index contributed by atoms with van der Waals surface area (Å²) in [5.41, 5.74) is 2.42. The number of nitrogens with zero attached hydrogens (tertiary/aromatic N) is 1. The number of amidine groups is 1. The lowest BCUT2D eigenvalue weighted by Gasteiger charge is -2.14. The van der Waals surface area contributed by atoms with Crippen LogP contribution < -0.4 is 14.8 Å². The molecule has 4 aromatic carbocycles. The first-order valence-corrected chi connectivity index (χ1v) is 12.9. The predicted molar refractivity (Wildman–Crippen MR) is 151 cm³/mol. The van der Waals surface area contributed by atoms with Crippen molar-refractivity contribution in [2.75, 3.05) is 7.11 Å². The van der Waals surface area contributed by atoms with E-state index in [0.717, 1.165) is 20.1 Å². The van der Waals surface area contributed by atoms with Crippen molar-refractivity contribution in [2.24, 2.45) is 4.99 Å². The molecule has 8 heteroatoms. The number of ether oxygens (including phenoxy) is 2. The Hall–Kier alpha value is -3.37. The van der Waals surface area contributed by atoms with E-state index in [-0.39, 0.29) is 11.7 Å². The number of methoxy groups -OCH3 is 1. The third-order valence-corrected chi connectivity index (χ3v) is 7.17. The van der Waals surface area contributed by atoms with Gasteiger partial charge in [-0.3, -0.25) is 4.79 Å². The summed E-state index contributed by atoms with van der Waals surface area (Å²) in [6.45, 7) is 0.402. The second-order valence-corrected chi connectivity index (χ2v) is 10.2. The maximum atomic E-state index is 13.1. The summed E-state index contributed by atoms with van der Waals surface area (Å²) < 4.78 is 25.7. The smallest absolute Gasteiger partial charge is 0.264 e. The van der Waals surface area contributed by atoms with Gasteiger partial charge in [0.1, 0.15) is 12.4 Å². The summed E-state index contributed by atoms with van der Waals surface area (Å²) in [6, 6.07) is 24.0. The lowest BCUT2D eigenvalue weighted by atomic mass is 10.1. The number of hydrogen-bond donors (Lipinski definition) is 1. The van der Waals surface area contributed by atoms with Crippen LogP contribution in [0.3, 0.4) is 0 Å². The highest BCUT2D eigenvalue weighted by Gasteiger charge is 2.24. The summed E-state index contributed by atoms with van der Waals surface area (Å²) in [7, 11) is 1.59. The van der Waals surface area contributed by atoms with Crippen LogP contribution in [0, 0.1) is 9.39 Å². The van der Waals surface area contributed by atoms with E-state index in [2.05, 4.69) is 63.2 Å². The molecule has 1 aliphatic heterocycles. The van der Waals surface area contributed by atoms with E-state index in [9.17, 15) is 9.18 Å². The number of thioether (sulfide) groups is 1. The number of benzene rings is 4. The highest BCUT2D eigenvalue weighted by Crippen LogP contribution is 2.36. The van der Waals surface area contributed by atoms with Crippen LogP contribution >= 0.6 is 34.4 Å². The van der Waals surface area contributed by atoms with Gasteiger partial charge in [0.25, 0.3) is 5.91 Å². The quantitative estimate of drug-likeness (QED) is 0.188. The second kappa shape index (κ2) is 10.7. The fourth-order valence-corrected chi connectivity index (χ4v) is 5.33. The topological polar surface area (TPSA) is 59.9 Å². The van der Waals surface area contributed by atoms with Crippen molar-refractivity contribution in [1.29, 1.82) is 0 Å². The van der Waals surface area contributed by atoms with E-state index in [1.54, 1.807) is 25.3 Å². The van der Waals surface area contributed by atoms with Gasteiger partial charge in [0.15, 0.2) is 16.7 Å². The van der Waals surface area contributed by atoms with Gasteiger partial charge < -0.3 is 14.8 Å². The molecular formula is C28H20FIN2O3S. The highest BCUT2D eigenvalue weighted by atomic mass is 127. The van der Waals surface area contributed by atoms with E-state index in [1.807, 2.05) is 24.3 Å². The second-order valence-electron chi connectivity index (χ2n) is 7.96. The van der Waals surface area contributed by atoms with Gasteiger partial charge in [-0.25, -0.2) is 9.38 Å². The highest BCUT2D eigenvalue weighted by molar-refractivity contribution is 14.1. The number of rotatable bonds is 6. The van der Waals surface area contributed by atoms with Gasteiger partial charge in [0.2, 0.25) is 0 Å². The van der Waals surface area contributed by atoms with Gasteiger partial charge in [-0.05, 0) is 105 Å². The van der Waals surface area contributed by atoms with E-state index in [1.165, 1.54) is 29.3 Å². The SMILES string of the molecule is COc1cc(/C=C2/SC(=Nc3ccc(F)cc3)NC2=O)cc(I)c1OCc1ccc2ccccc2c1. The molecule has 0 atom stereocenters. The minimum absolute atomic E-state index is 0.244. The molecule has 1 amide bonds. The number of nitrogens with one attached hydrogen (secondary N) is 1. The molecule has 0 aromatic heterocycles. The molecule has 5 nitrogen and oxygen atoms in total. The summed E-state index contributed by atoms with van der Waals surface area (Å²) in [4.78, 5) is 17.4. The monoisotopic (exact) mass is 610 g/mol. The largest absolute Gasteiger partial charge is 0.493 e. The van der Waals surface area contributed by atoms with E-state index in [0.29, 0.717) is 33.9 Å². The molecule has 0 saturated carbocycles. The Balaban J connectivity index is 1.34. The Morgan fingerprint density at radius 3 is 2.58 bits per heavy atom. The summed E-state index contributed by atoms with van der Waals surface area (Å²) >= 11 is 3.44. The van der Waals surface area contributed by atoms with Crippen LogP contribution in [0.25, 0.3) is 16.8 Å². The standard InChI is InChI=1S/C28H20FIN2O3S/c1-34-24-14-18(15-25-27(33)32-28(36-25)31-22-10-8-21(29)9-11-22)13-23(30)26(24)35-16-17-6-7-19-4-2-3-5-20(19)12-17/h2-15H,16H2,1H3,(H,31,32,33)/b25-15+. The van der Waals surface area contributed by atoms with Crippen LogP contribution in [-0.4, -0.2) is 18.2 Å². The van der Waals surface area contributed by atoms with E-state index in [4.69, 9.17) is 9.47 Å². The third-order valence-electron chi connectivity index (χ3n) is 5.45. The normalized spacial score (nSPS) is 15.5. The van der Waals surface area contributed by atoms with Gasteiger partial charge in [-0.2, -0.15) is 0 Å². The van der Waals surface area contributed by atoms with Crippen molar-refractivity contribution in [3.63, 3.8) is 0 Å². The molecule has 0 bridgehead atoms. The zero-order valence-corrected chi connectivity index (χ0v) is 22.1. The number of carbonyl (C=O) groups is 1. The van der Waals surface area contributed by atoms with E-state index < -0.39 is 0 Å². The van der Waals surface area contributed by atoms with Crippen molar-refractivity contribution < 1.29 is 18.7 Å². The number of amides is 1. The maximum Gasteiger partial charge on any atom is 0.264 e. The molecule has 0 spiro atoms. The molecular weight excluding hydrogens is 590 g/mol. The fourth-order valence-electron chi connectivity index (χ4n) is 3.71. The zero-order valence-electron chi connectivity index (χ0n) is 19.1. The molecule has 0 unspecified atom stereocenters. The van der Waals surface area contributed by atoms with Crippen LogP contribution in [0.1, 0.15) is 11.1 Å². The first kappa shape index (κ1) is 24.3. The molecule has 1 N–H and O–H groups in total. The van der Waals surface area contributed by atoms with Crippen LogP contribution in [0.4, 0.5) is 10.1 Å². The lowest BCUT2D eigenvalue weighted by molar-refractivity contribution is -0.115. The number of aliphatic imine (C=N–C) groups is 1. The first-order chi connectivity index (χ1) is 17.5. The number of hydrogen-bond acceptors (Lipinski definition) is 5.